The molecule has 1 N–H and O–H groups in total. The number of hydrogen-bond donors (Lipinski definition) is 1. The number of ether oxygens (including phenoxy) is 2. The zero-order valence-electron chi connectivity index (χ0n) is 11.8. The van der Waals surface area contributed by atoms with Crippen molar-refractivity contribution in [1.29, 1.82) is 0 Å². The van der Waals surface area contributed by atoms with Gasteiger partial charge in [0.1, 0.15) is 0 Å². The second-order valence-electron chi connectivity index (χ2n) is 5.18. The molecule has 0 saturated heterocycles. The molecule has 2 aliphatic rings. The monoisotopic (exact) mass is 314 g/mol. The molecule has 1 aromatic carbocycles. The number of nitrogens with one attached hydrogen (secondary N) is 1. The Morgan fingerprint density at radius 1 is 1.27 bits per heavy atom. The van der Waals surface area contributed by atoms with E-state index in [2.05, 4.69) is 10.3 Å². The molecular weight excluding hydrogens is 300 g/mol. The van der Waals surface area contributed by atoms with Crippen molar-refractivity contribution in [2.24, 2.45) is 0 Å². The lowest BCUT2D eigenvalue weighted by Gasteiger charge is -1.98. The molecule has 0 spiro atoms. The number of anilines is 1. The Kier molecular flexibility index (Phi) is 3.31. The third-order valence-electron chi connectivity index (χ3n) is 3.65. The van der Waals surface area contributed by atoms with E-state index < -0.39 is 0 Å². The molecule has 4 rings (SSSR count). The molecule has 0 fully saturated rings. The molecule has 0 unspecified atom stereocenters. The summed E-state index contributed by atoms with van der Waals surface area (Å²) in [4.78, 5) is 17.7. The van der Waals surface area contributed by atoms with Crippen molar-refractivity contribution in [1.82, 2.24) is 4.98 Å². The lowest BCUT2D eigenvalue weighted by molar-refractivity contribution is -0.111. The number of carbonyl (C=O) groups excluding carboxylic acids is 1. The average molecular weight is 314 g/mol. The van der Waals surface area contributed by atoms with Gasteiger partial charge in [0.15, 0.2) is 16.6 Å². The predicted molar refractivity (Wildman–Crippen MR) is 84.4 cm³/mol. The third kappa shape index (κ3) is 2.57. The minimum Gasteiger partial charge on any atom is -0.454 e. The van der Waals surface area contributed by atoms with Crippen molar-refractivity contribution in [3.63, 3.8) is 0 Å². The van der Waals surface area contributed by atoms with Gasteiger partial charge < -0.3 is 9.47 Å². The largest absolute Gasteiger partial charge is 0.454 e. The van der Waals surface area contributed by atoms with Gasteiger partial charge in [-0.05, 0) is 43.0 Å². The molecule has 22 heavy (non-hydrogen) atoms. The first-order valence-corrected chi connectivity index (χ1v) is 7.97. The number of carbonyl (C=O) groups is 1. The smallest absolute Gasteiger partial charge is 0.250 e. The Labute approximate surface area is 131 Å². The van der Waals surface area contributed by atoms with Crippen LogP contribution in [-0.2, 0) is 17.6 Å². The molecule has 5 nitrogen and oxygen atoms in total. The zero-order valence-corrected chi connectivity index (χ0v) is 12.6. The van der Waals surface area contributed by atoms with Gasteiger partial charge in [0, 0.05) is 11.0 Å². The lowest BCUT2D eigenvalue weighted by atomic mass is 10.2. The minimum atomic E-state index is -0.176. The summed E-state index contributed by atoms with van der Waals surface area (Å²) in [6, 6.07) is 5.57. The zero-order chi connectivity index (χ0) is 14.9. The maximum absolute atomic E-state index is 12.0. The fourth-order valence-electron chi connectivity index (χ4n) is 2.58. The van der Waals surface area contributed by atoms with E-state index in [1.165, 1.54) is 17.4 Å². The molecule has 1 aromatic heterocycles. The molecule has 1 aliphatic carbocycles. The Morgan fingerprint density at radius 3 is 3.09 bits per heavy atom. The quantitative estimate of drug-likeness (QED) is 0.885. The predicted octanol–water partition coefficient (Wildman–Crippen LogP) is 3.01. The van der Waals surface area contributed by atoms with Gasteiger partial charge in [0.2, 0.25) is 12.7 Å². The van der Waals surface area contributed by atoms with E-state index in [4.69, 9.17) is 9.47 Å². The van der Waals surface area contributed by atoms with Crippen molar-refractivity contribution >= 4 is 28.5 Å². The number of thiazole rings is 1. The number of amides is 1. The van der Waals surface area contributed by atoms with Crippen LogP contribution in [0.5, 0.6) is 11.5 Å². The summed E-state index contributed by atoms with van der Waals surface area (Å²) in [6.07, 6.45) is 6.53. The summed E-state index contributed by atoms with van der Waals surface area (Å²) >= 11 is 1.57. The number of hydrogen-bond acceptors (Lipinski definition) is 5. The van der Waals surface area contributed by atoms with Crippen molar-refractivity contribution in [3.8, 4) is 11.5 Å². The lowest BCUT2D eigenvalue weighted by Crippen LogP contribution is -2.07. The molecular formula is C16H14N2O3S. The maximum Gasteiger partial charge on any atom is 0.250 e. The minimum absolute atomic E-state index is 0.176. The Hall–Kier alpha value is -2.34. The summed E-state index contributed by atoms with van der Waals surface area (Å²) < 4.78 is 10.6. The van der Waals surface area contributed by atoms with Crippen LogP contribution in [0, 0.1) is 0 Å². The molecule has 112 valence electrons. The molecule has 2 heterocycles. The van der Waals surface area contributed by atoms with E-state index in [1.54, 1.807) is 17.4 Å². The second-order valence-corrected chi connectivity index (χ2v) is 6.26. The molecule has 0 saturated carbocycles. The highest BCUT2D eigenvalue weighted by atomic mass is 32.1. The van der Waals surface area contributed by atoms with Crippen molar-refractivity contribution in [2.45, 2.75) is 19.3 Å². The van der Waals surface area contributed by atoms with Crippen LogP contribution < -0.4 is 14.8 Å². The topological polar surface area (TPSA) is 60.5 Å². The Bertz CT molecular complexity index is 745. The molecule has 6 heteroatoms. The van der Waals surface area contributed by atoms with E-state index in [9.17, 15) is 4.79 Å². The first-order chi connectivity index (χ1) is 10.8. The molecule has 1 amide bonds. The van der Waals surface area contributed by atoms with Gasteiger partial charge in [-0.1, -0.05) is 6.07 Å². The summed E-state index contributed by atoms with van der Waals surface area (Å²) in [7, 11) is 0. The van der Waals surface area contributed by atoms with Gasteiger partial charge in [0.05, 0.1) is 5.69 Å². The van der Waals surface area contributed by atoms with E-state index in [0.29, 0.717) is 10.9 Å². The van der Waals surface area contributed by atoms with Crippen molar-refractivity contribution in [3.05, 3.63) is 40.4 Å². The second kappa shape index (κ2) is 5.46. The molecule has 0 radical (unpaired) electrons. The molecule has 0 atom stereocenters. The van der Waals surface area contributed by atoms with Crippen molar-refractivity contribution < 1.29 is 14.3 Å². The summed E-state index contributed by atoms with van der Waals surface area (Å²) in [5.74, 6) is 1.27. The summed E-state index contributed by atoms with van der Waals surface area (Å²) in [5.41, 5.74) is 2.03. The number of aryl methyl sites for hydroxylation is 2. The maximum atomic E-state index is 12.0. The first-order valence-electron chi connectivity index (χ1n) is 7.15. The van der Waals surface area contributed by atoms with Crippen LogP contribution in [-0.4, -0.2) is 17.7 Å². The van der Waals surface area contributed by atoms with Crippen LogP contribution in [0.25, 0.3) is 6.08 Å². The summed E-state index contributed by atoms with van der Waals surface area (Å²) in [6.45, 7) is 0.248. The van der Waals surface area contributed by atoms with Gasteiger partial charge in [0.25, 0.3) is 0 Å². The van der Waals surface area contributed by atoms with Crippen LogP contribution in [0.3, 0.4) is 0 Å². The van der Waals surface area contributed by atoms with Gasteiger partial charge in [-0.3, -0.25) is 10.1 Å². The fraction of sp³-hybridized carbons (Fsp3) is 0.250. The van der Waals surface area contributed by atoms with Crippen LogP contribution in [0.2, 0.25) is 0 Å². The highest BCUT2D eigenvalue weighted by Gasteiger charge is 2.17. The van der Waals surface area contributed by atoms with Crippen molar-refractivity contribution in [2.75, 3.05) is 12.1 Å². The van der Waals surface area contributed by atoms with Gasteiger partial charge >= 0.3 is 0 Å². The average Bonchev–Trinajstić information content (AvgIpc) is 3.19. The van der Waals surface area contributed by atoms with Crippen LogP contribution in [0.4, 0.5) is 5.13 Å². The van der Waals surface area contributed by atoms with Crippen LogP contribution >= 0.6 is 11.3 Å². The summed E-state index contributed by atoms with van der Waals surface area (Å²) in [5, 5.41) is 3.50. The molecule has 2 aromatic rings. The first kappa shape index (κ1) is 13.3. The normalized spacial score (nSPS) is 15.3. The Morgan fingerprint density at radius 2 is 2.18 bits per heavy atom. The van der Waals surface area contributed by atoms with E-state index in [-0.39, 0.29) is 12.7 Å². The van der Waals surface area contributed by atoms with E-state index >= 15 is 0 Å². The number of rotatable bonds is 3. The Balaban J connectivity index is 1.42. The highest BCUT2D eigenvalue weighted by Crippen LogP contribution is 2.33. The number of fused-ring (bicyclic) bond motifs is 2. The number of nitrogens with zero attached hydrogens (tertiary/aromatic N) is 1. The van der Waals surface area contributed by atoms with Gasteiger partial charge in [-0.2, -0.15) is 0 Å². The van der Waals surface area contributed by atoms with Gasteiger partial charge in [-0.15, -0.1) is 11.3 Å². The van der Waals surface area contributed by atoms with E-state index in [0.717, 1.165) is 29.8 Å². The standard InChI is InChI=1S/C16H14N2O3S/c19-15(18-16-17-11-2-1-3-14(11)22-16)7-5-10-4-6-12-13(8-10)21-9-20-12/h4-8H,1-3,9H2,(H,17,18,19). The van der Waals surface area contributed by atoms with E-state index in [1.807, 2.05) is 18.2 Å². The molecule has 0 bridgehead atoms. The highest BCUT2D eigenvalue weighted by molar-refractivity contribution is 7.15. The van der Waals surface area contributed by atoms with Crippen LogP contribution in [0.15, 0.2) is 24.3 Å². The number of benzene rings is 1. The molecule has 1 aliphatic heterocycles. The SMILES string of the molecule is O=C(C=Cc1ccc2c(c1)OCO2)Nc1nc2c(s1)CCC2. The number of aromatic nitrogens is 1. The van der Waals surface area contributed by atoms with Crippen LogP contribution in [0.1, 0.15) is 22.6 Å². The fourth-order valence-corrected chi connectivity index (χ4v) is 3.63. The third-order valence-corrected chi connectivity index (χ3v) is 4.72. The van der Waals surface area contributed by atoms with Gasteiger partial charge in [-0.25, -0.2) is 4.98 Å².